The first kappa shape index (κ1) is 13.6. The summed E-state index contributed by atoms with van der Waals surface area (Å²) in [5.74, 6) is -0.762. The summed E-state index contributed by atoms with van der Waals surface area (Å²) in [7, 11) is 1.86. The van der Waals surface area contributed by atoms with Gasteiger partial charge >= 0.3 is 5.97 Å². The van der Waals surface area contributed by atoms with Crippen molar-refractivity contribution in [1.29, 1.82) is 0 Å². The number of benzene rings is 1. The number of aliphatic carboxylic acids is 1. The molecule has 0 saturated carbocycles. The van der Waals surface area contributed by atoms with Gasteiger partial charge in [0.05, 0.1) is 0 Å². The monoisotopic (exact) mass is 260 g/mol. The van der Waals surface area contributed by atoms with Crippen LogP contribution in [0.2, 0.25) is 0 Å². The highest BCUT2D eigenvalue weighted by Crippen LogP contribution is 2.23. The predicted octanol–water partition coefficient (Wildman–Crippen LogP) is 2.77. The molecule has 1 aromatic carbocycles. The van der Waals surface area contributed by atoms with Gasteiger partial charge in [0, 0.05) is 23.1 Å². The normalized spacial score (nSPS) is 13.1. The molecule has 4 heteroatoms. The van der Waals surface area contributed by atoms with Crippen LogP contribution in [0.3, 0.4) is 0 Å². The summed E-state index contributed by atoms with van der Waals surface area (Å²) in [6.07, 6.45) is 0.604. The van der Waals surface area contributed by atoms with Crippen molar-refractivity contribution in [2.45, 2.75) is 32.9 Å². The Morgan fingerprint density at radius 3 is 2.74 bits per heavy atom. The van der Waals surface area contributed by atoms with Gasteiger partial charge in [-0.05, 0) is 32.0 Å². The van der Waals surface area contributed by atoms with E-state index in [-0.39, 0.29) is 0 Å². The van der Waals surface area contributed by atoms with Gasteiger partial charge in [0.25, 0.3) is 0 Å². The van der Waals surface area contributed by atoms with E-state index < -0.39 is 12.0 Å². The molecule has 0 bridgehead atoms. The third-order valence-electron chi connectivity index (χ3n) is 3.64. The van der Waals surface area contributed by atoms with Gasteiger partial charge in [-0.25, -0.2) is 0 Å². The van der Waals surface area contributed by atoms with Crippen molar-refractivity contribution in [3.05, 3.63) is 35.5 Å². The molecule has 1 aromatic heterocycles. The fourth-order valence-electron chi connectivity index (χ4n) is 2.57. The van der Waals surface area contributed by atoms with E-state index in [1.54, 1.807) is 0 Å². The lowest BCUT2D eigenvalue weighted by Gasteiger charge is -2.23. The van der Waals surface area contributed by atoms with Crippen molar-refractivity contribution >= 4 is 16.9 Å². The van der Waals surface area contributed by atoms with E-state index in [4.69, 9.17) is 0 Å². The highest BCUT2D eigenvalue weighted by atomic mass is 16.4. The average molecular weight is 260 g/mol. The Labute approximate surface area is 113 Å². The first-order chi connectivity index (χ1) is 9.04. The van der Waals surface area contributed by atoms with Gasteiger partial charge in [0.1, 0.15) is 6.04 Å². The number of nitrogens with one attached hydrogen (secondary N) is 1. The van der Waals surface area contributed by atoms with Crippen molar-refractivity contribution in [1.82, 2.24) is 9.88 Å². The molecule has 0 saturated heterocycles. The lowest BCUT2D eigenvalue weighted by molar-refractivity contribution is -0.143. The molecular formula is C15H20N2O2. The number of aromatic amines is 1. The highest BCUT2D eigenvalue weighted by Gasteiger charge is 2.22. The molecule has 102 valence electrons. The van der Waals surface area contributed by atoms with Gasteiger partial charge < -0.3 is 10.1 Å². The maximum Gasteiger partial charge on any atom is 0.320 e. The molecule has 1 atom stereocenters. The molecule has 0 fully saturated rings. The van der Waals surface area contributed by atoms with Crippen LogP contribution in [0.4, 0.5) is 0 Å². The predicted molar refractivity (Wildman–Crippen MR) is 76.2 cm³/mol. The number of carboxylic acids is 1. The number of H-pyrrole nitrogens is 1. The molecule has 0 aliphatic heterocycles. The lowest BCUT2D eigenvalue weighted by atomic mass is 10.1. The van der Waals surface area contributed by atoms with Crippen LogP contribution in [-0.2, 0) is 11.3 Å². The van der Waals surface area contributed by atoms with Gasteiger partial charge in [0.2, 0.25) is 0 Å². The smallest absolute Gasteiger partial charge is 0.320 e. The number of carbonyl (C=O) groups is 1. The number of carboxylic acid groups (broad SMARTS) is 1. The molecular weight excluding hydrogens is 240 g/mol. The summed E-state index contributed by atoms with van der Waals surface area (Å²) in [6.45, 7) is 4.57. The van der Waals surface area contributed by atoms with Crippen LogP contribution in [0.1, 0.15) is 24.6 Å². The van der Waals surface area contributed by atoms with Crippen molar-refractivity contribution in [2.24, 2.45) is 0 Å². The fourth-order valence-corrected chi connectivity index (χ4v) is 2.57. The zero-order valence-corrected chi connectivity index (χ0v) is 11.6. The highest BCUT2D eigenvalue weighted by molar-refractivity contribution is 5.84. The Morgan fingerprint density at radius 1 is 1.42 bits per heavy atom. The Bertz CT molecular complexity index is 589. The number of fused-ring (bicyclic) bond motifs is 1. The van der Waals surface area contributed by atoms with E-state index in [0.29, 0.717) is 13.0 Å². The van der Waals surface area contributed by atoms with Crippen LogP contribution >= 0.6 is 0 Å². The summed E-state index contributed by atoms with van der Waals surface area (Å²) in [5.41, 5.74) is 3.39. The van der Waals surface area contributed by atoms with Crippen LogP contribution in [0.5, 0.6) is 0 Å². The summed E-state index contributed by atoms with van der Waals surface area (Å²) in [4.78, 5) is 16.4. The van der Waals surface area contributed by atoms with Crippen LogP contribution in [0.25, 0.3) is 10.9 Å². The van der Waals surface area contributed by atoms with Crippen molar-refractivity contribution in [2.75, 3.05) is 7.05 Å². The van der Waals surface area contributed by atoms with Gasteiger partial charge in [-0.15, -0.1) is 0 Å². The van der Waals surface area contributed by atoms with Gasteiger partial charge in [0.15, 0.2) is 0 Å². The van der Waals surface area contributed by atoms with Gasteiger partial charge in [-0.2, -0.15) is 0 Å². The summed E-state index contributed by atoms with van der Waals surface area (Å²) in [6, 6.07) is 7.68. The quantitative estimate of drug-likeness (QED) is 0.869. The number of aryl methyl sites for hydroxylation is 1. The molecule has 1 unspecified atom stereocenters. The molecule has 2 rings (SSSR count). The molecule has 4 nitrogen and oxygen atoms in total. The van der Waals surface area contributed by atoms with Crippen LogP contribution < -0.4 is 0 Å². The first-order valence-electron chi connectivity index (χ1n) is 6.53. The van der Waals surface area contributed by atoms with Crippen LogP contribution in [0.15, 0.2) is 24.3 Å². The van der Waals surface area contributed by atoms with Crippen LogP contribution in [-0.4, -0.2) is 34.0 Å². The number of hydrogen-bond acceptors (Lipinski definition) is 2. The van der Waals surface area contributed by atoms with E-state index in [1.165, 1.54) is 10.9 Å². The Kier molecular flexibility index (Phi) is 3.90. The molecule has 19 heavy (non-hydrogen) atoms. The number of aromatic nitrogens is 1. The summed E-state index contributed by atoms with van der Waals surface area (Å²) in [5, 5.41) is 10.4. The van der Waals surface area contributed by atoms with E-state index in [1.807, 2.05) is 44.0 Å². The number of likely N-dealkylation sites (N-methyl/N-ethyl adjacent to an activating group) is 1. The molecule has 0 spiro atoms. The van der Waals surface area contributed by atoms with Crippen LogP contribution in [0, 0.1) is 6.92 Å². The SMILES string of the molecule is CCC(C(=O)O)N(C)Cc1c(C)[nH]c2ccccc12. The van der Waals surface area contributed by atoms with E-state index in [9.17, 15) is 9.90 Å². The second-order valence-electron chi connectivity index (χ2n) is 4.95. The molecule has 0 aliphatic carbocycles. The third-order valence-corrected chi connectivity index (χ3v) is 3.64. The minimum atomic E-state index is -0.762. The lowest BCUT2D eigenvalue weighted by Crippen LogP contribution is -2.37. The third kappa shape index (κ3) is 2.63. The topological polar surface area (TPSA) is 56.3 Å². The number of nitrogens with zero attached hydrogens (tertiary/aromatic N) is 1. The molecule has 0 radical (unpaired) electrons. The van der Waals surface area contributed by atoms with E-state index in [2.05, 4.69) is 11.1 Å². The van der Waals surface area contributed by atoms with E-state index >= 15 is 0 Å². The second-order valence-corrected chi connectivity index (χ2v) is 4.95. The Morgan fingerprint density at radius 2 is 2.11 bits per heavy atom. The standard InChI is InChI=1S/C15H20N2O2/c1-4-14(15(18)19)17(3)9-12-10(2)16-13-8-6-5-7-11(12)13/h5-8,14,16H,4,9H2,1-3H3,(H,18,19). The molecule has 2 aromatic rings. The second kappa shape index (κ2) is 5.45. The minimum absolute atomic E-state index is 0.437. The molecule has 0 aliphatic rings. The Hall–Kier alpha value is -1.81. The number of hydrogen-bond donors (Lipinski definition) is 2. The zero-order chi connectivity index (χ0) is 14.0. The average Bonchev–Trinajstić information content (AvgIpc) is 2.66. The van der Waals surface area contributed by atoms with Gasteiger partial charge in [-0.3, -0.25) is 9.69 Å². The van der Waals surface area contributed by atoms with Gasteiger partial charge in [-0.1, -0.05) is 25.1 Å². The molecule has 0 amide bonds. The zero-order valence-electron chi connectivity index (χ0n) is 11.6. The van der Waals surface area contributed by atoms with E-state index in [0.717, 1.165) is 11.2 Å². The van der Waals surface area contributed by atoms with Crippen molar-refractivity contribution < 1.29 is 9.90 Å². The Balaban J connectivity index is 2.30. The summed E-state index contributed by atoms with van der Waals surface area (Å²) >= 11 is 0. The maximum absolute atomic E-state index is 11.2. The number of rotatable bonds is 5. The fraction of sp³-hybridized carbons (Fsp3) is 0.400. The first-order valence-corrected chi connectivity index (χ1v) is 6.53. The van der Waals surface area contributed by atoms with Crippen molar-refractivity contribution in [3.8, 4) is 0 Å². The molecule has 1 heterocycles. The number of para-hydroxylation sites is 1. The maximum atomic E-state index is 11.2. The minimum Gasteiger partial charge on any atom is -0.480 e. The largest absolute Gasteiger partial charge is 0.480 e. The van der Waals surface area contributed by atoms with Crippen molar-refractivity contribution in [3.63, 3.8) is 0 Å². The molecule has 2 N–H and O–H groups in total. The summed E-state index contributed by atoms with van der Waals surface area (Å²) < 4.78 is 0.